The third-order valence-electron chi connectivity index (χ3n) is 3.36. The van der Waals surface area contributed by atoms with Crippen molar-refractivity contribution in [3.05, 3.63) is 41.1 Å². The van der Waals surface area contributed by atoms with Gasteiger partial charge in [-0.3, -0.25) is 4.98 Å². The van der Waals surface area contributed by atoms with Gasteiger partial charge in [-0.1, -0.05) is 11.6 Å². The number of hydrogen-bond acceptors (Lipinski definition) is 5. The van der Waals surface area contributed by atoms with Crippen LogP contribution in [0, 0.1) is 4.91 Å². The lowest BCUT2D eigenvalue weighted by atomic mass is 9.83. The second-order valence-corrected chi connectivity index (χ2v) is 4.44. The maximum absolute atomic E-state index is 10.3. The maximum atomic E-state index is 10.3. The van der Waals surface area contributed by atoms with Crippen LogP contribution in [-0.4, -0.2) is 19.7 Å². The summed E-state index contributed by atoms with van der Waals surface area (Å²) in [6, 6.07) is 3.99. The molecular formula is C12H13N5O. The second kappa shape index (κ2) is 4.64. The van der Waals surface area contributed by atoms with Gasteiger partial charge in [-0.2, -0.15) is 10.0 Å². The van der Waals surface area contributed by atoms with Crippen molar-refractivity contribution in [3.63, 3.8) is 0 Å². The van der Waals surface area contributed by atoms with Gasteiger partial charge in [-0.25, -0.2) is 9.67 Å². The van der Waals surface area contributed by atoms with Crippen LogP contribution in [0.25, 0.3) is 5.69 Å². The first-order valence-corrected chi connectivity index (χ1v) is 6.03. The monoisotopic (exact) mass is 243 g/mol. The normalized spacial score (nSPS) is 15.3. The summed E-state index contributed by atoms with van der Waals surface area (Å²) in [5, 5.41) is 6.92. The predicted molar refractivity (Wildman–Crippen MR) is 65.2 cm³/mol. The molecule has 6 nitrogen and oxygen atoms in total. The Morgan fingerprint density at radius 3 is 2.83 bits per heavy atom. The molecule has 1 aliphatic carbocycles. The topological polar surface area (TPSA) is 73.0 Å². The average Bonchev–Trinajstić information content (AvgIpc) is 2.77. The van der Waals surface area contributed by atoms with Gasteiger partial charge in [-0.05, 0) is 25.0 Å². The van der Waals surface area contributed by atoms with Gasteiger partial charge in [0.1, 0.15) is 12.9 Å². The summed E-state index contributed by atoms with van der Waals surface area (Å²) in [5.74, 6) is 1.15. The molecule has 1 fully saturated rings. The van der Waals surface area contributed by atoms with Crippen molar-refractivity contribution in [1.82, 2.24) is 19.7 Å². The first kappa shape index (κ1) is 11.0. The van der Waals surface area contributed by atoms with Crippen molar-refractivity contribution in [3.8, 4) is 5.69 Å². The highest BCUT2D eigenvalue weighted by molar-refractivity contribution is 5.30. The molecule has 1 aliphatic rings. The first-order valence-electron chi connectivity index (χ1n) is 6.03. The fourth-order valence-electron chi connectivity index (χ4n) is 2.11. The number of pyridine rings is 1. The van der Waals surface area contributed by atoms with Crippen molar-refractivity contribution in [2.45, 2.75) is 31.7 Å². The summed E-state index contributed by atoms with van der Waals surface area (Å²) in [5.41, 5.74) is 1.95. The molecule has 6 heteroatoms. The minimum atomic E-state index is 0.0182. The van der Waals surface area contributed by atoms with E-state index >= 15 is 0 Å². The number of nitroso groups, excluding NO2 is 1. The molecule has 0 bridgehead atoms. The Morgan fingerprint density at radius 2 is 2.22 bits per heavy atom. The average molecular weight is 243 g/mol. The van der Waals surface area contributed by atoms with Crippen LogP contribution in [-0.2, 0) is 6.54 Å². The maximum Gasteiger partial charge on any atom is 0.157 e. The van der Waals surface area contributed by atoms with Crippen LogP contribution < -0.4 is 0 Å². The Kier molecular flexibility index (Phi) is 2.84. The van der Waals surface area contributed by atoms with Crippen LogP contribution in [0.1, 0.15) is 36.7 Å². The fraction of sp³-hybridized carbons (Fsp3) is 0.417. The SMILES string of the molecule is O=NCc1ncnn1-c1ccc(C2CCC2)nc1. The van der Waals surface area contributed by atoms with Crippen LogP contribution >= 0.6 is 0 Å². The molecule has 2 aromatic heterocycles. The molecule has 0 saturated heterocycles. The van der Waals surface area contributed by atoms with Gasteiger partial charge in [0.05, 0.1) is 11.9 Å². The molecule has 1 saturated carbocycles. The molecule has 0 unspecified atom stereocenters. The number of rotatable bonds is 4. The van der Waals surface area contributed by atoms with Gasteiger partial charge in [0.25, 0.3) is 0 Å². The lowest BCUT2D eigenvalue weighted by Gasteiger charge is -2.24. The standard InChI is InChI=1S/C12H13N5O/c18-16-7-12-14-8-15-17(12)10-4-5-11(13-6-10)9-2-1-3-9/h4-6,8-9H,1-3,7H2. The highest BCUT2D eigenvalue weighted by Gasteiger charge is 2.20. The molecule has 3 rings (SSSR count). The van der Waals surface area contributed by atoms with E-state index in [1.165, 1.54) is 25.6 Å². The summed E-state index contributed by atoms with van der Waals surface area (Å²) < 4.78 is 1.60. The zero-order chi connectivity index (χ0) is 12.4. The number of aromatic nitrogens is 4. The van der Waals surface area contributed by atoms with E-state index in [0.717, 1.165) is 11.4 Å². The summed E-state index contributed by atoms with van der Waals surface area (Å²) in [4.78, 5) is 18.8. The smallest absolute Gasteiger partial charge is 0.157 e. The molecule has 0 N–H and O–H groups in total. The van der Waals surface area contributed by atoms with E-state index in [4.69, 9.17) is 0 Å². The van der Waals surface area contributed by atoms with E-state index < -0.39 is 0 Å². The van der Waals surface area contributed by atoms with E-state index in [9.17, 15) is 4.91 Å². The third-order valence-corrected chi connectivity index (χ3v) is 3.36. The molecule has 0 radical (unpaired) electrons. The van der Waals surface area contributed by atoms with Crippen LogP contribution in [0.5, 0.6) is 0 Å². The summed E-state index contributed by atoms with van der Waals surface area (Å²) in [6.07, 6.45) is 6.95. The molecule has 2 aromatic rings. The molecule has 0 spiro atoms. The highest BCUT2D eigenvalue weighted by atomic mass is 16.3. The van der Waals surface area contributed by atoms with Gasteiger partial charge < -0.3 is 0 Å². The van der Waals surface area contributed by atoms with E-state index in [0.29, 0.717) is 11.7 Å². The minimum Gasteiger partial charge on any atom is -0.259 e. The quantitative estimate of drug-likeness (QED) is 0.771. The van der Waals surface area contributed by atoms with E-state index in [1.54, 1.807) is 10.9 Å². The fourth-order valence-corrected chi connectivity index (χ4v) is 2.11. The molecule has 0 atom stereocenters. The molecule has 0 aliphatic heterocycles. The highest BCUT2D eigenvalue weighted by Crippen LogP contribution is 2.35. The Bertz CT molecular complexity index is 544. The zero-order valence-electron chi connectivity index (χ0n) is 9.86. The molecule has 0 amide bonds. The lowest BCUT2D eigenvalue weighted by molar-refractivity contribution is 0.411. The van der Waals surface area contributed by atoms with Gasteiger partial charge in [0.2, 0.25) is 0 Å². The lowest BCUT2D eigenvalue weighted by Crippen LogP contribution is -2.11. The van der Waals surface area contributed by atoms with Crippen molar-refractivity contribution < 1.29 is 0 Å². The van der Waals surface area contributed by atoms with Gasteiger partial charge in [0, 0.05) is 11.6 Å². The predicted octanol–water partition coefficient (Wildman–Crippen LogP) is 2.20. The molecule has 92 valence electrons. The zero-order valence-corrected chi connectivity index (χ0v) is 9.86. The Morgan fingerprint density at radius 1 is 1.33 bits per heavy atom. The van der Waals surface area contributed by atoms with Gasteiger partial charge >= 0.3 is 0 Å². The Labute approximate surface area is 104 Å². The van der Waals surface area contributed by atoms with Crippen molar-refractivity contribution >= 4 is 0 Å². The Balaban J connectivity index is 1.87. The van der Waals surface area contributed by atoms with E-state index in [1.807, 2.05) is 12.1 Å². The van der Waals surface area contributed by atoms with Crippen LogP contribution in [0.3, 0.4) is 0 Å². The summed E-state index contributed by atoms with van der Waals surface area (Å²) >= 11 is 0. The third kappa shape index (κ3) is 1.90. The largest absolute Gasteiger partial charge is 0.259 e. The van der Waals surface area contributed by atoms with Crippen molar-refractivity contribution in [2.75, 3.05) is 0 Å². The van der Waals surface area contributed by atoms with Crippen LogP contribution in [0.4, 0.5) is 0 Å². The molecular weight excluding hydrogens is 230 g/mol. The Hall–Kier alpha value is -2.11. The first-order chi connectivity index (χ1) is 8.88. The van der Waals surface area contributed by atoms with E-state index in [2.05, 4.69) is 20.2 Å². The molecule has 0 aromatic carbocycles. The summed E-state index contributed by atoms with van der Waals surface area (Å²) in [6.45, 7) is 0.0182. The van der Waals surface area contributed by atoms with Crippen molar-refractivity contribution in [2.24, 2.45) is 5.18 Å². The second-order valence-electron chi connectivity index (χ2n) is 4.44. The van der Waals surface area contributed by atoms with Crippen LogP contribution in [0.2, 0.25) is 0 Å². The van der Waals surface area contributed by atoms with E-state index in [-0.39, 0.29) is 6.54 Å². The number of nitrogens with zero attached hydrogens (tertiary/aromatic N) is 5. The van der Waals surface area contributed by atoms with Crippen LogP contribution in [0.15, 0.2) is 29.8 Å². The summed E-state index contributed by atoms with van der Waals surface area (Å²) in [7, 11) is 0. The van der Waals surface area contributed by atoms with Crippen molar-refractivity contribution in [1.29, 1.82) is 0 Å². The molecule has 2 heterocycles. The van der Waals surface area contributed by atoms with Gasteiger partial charge in [-0.15, -0.1) is 0 Å². The molecule has 18 heavy (non-hydrogen) atoms. The minimum absolute atomic E-state index is 0.0182. The number of hydrogen-bond donors (Lipinski definition) is 0. The van der Waals surface area contributed by atoms with Gasteiger partial charge in [0.15, 0.2) is 5.82 Å².